The van der Waals surface area contributed by atoms with E-state index in [1.54, 1.807) is 35.0 Å². The molecule has 178 valence electrons. The maximum Gasteiger partial charge on any atom is 0.411 e. The third kappa shape index (κ3) is 5.36. The van der Waals surface area contributed by atoms with Crippen LogP contribution in [0.5, 0.6) is 0 Å². The van der Waals surface area contributed by atoms with Crippen molar-refractivity contribution in [2.75, 3.05) is 55.8 Å². The number of anilines is 1. The molecule has 4 heterocycles. The SMILES string of the molecule is CC(C)(C)OC(=O)N1C[C@@H](N2CCN(c3ncccc3C#N)CC2)C[C@H]1C(=O)N1CCSC1. The molecule has 9 nitrogen and oxygen atoms in total. The summed E-state index contributed by atoms with van der Waals surface area (Å²) < 4.78 is 5.65. The zero-order chi connectivity index (χ0) is 23.6. The highest BCUT2D eigenvalue weighted by Crippen LogP contribution is 2.29. The lowest BCUT2D eigenvalue weighted by Crippen LogP contribution is -2.51. The molecule has 3 aliphatic rings. The van der Waals surface area contributed by atoms with E-state index in [-0.39, 0.29) is 11.9 Å². The first kappa shape index (κ1) is 23.6. The summed E-state index contributed by atoms with van der Waals surface area (Å²) in [5, 5.41) is 9.39. The average molecular weight is 473 g/mol. The van der Waals surface area contributed by atoms with Crippen LogP contribution in [0, 0.1) is 11.3 Å². The molecule has 0 N–H and O–H groups in total. The number of pyridine rings is 1. The van der Waals surface area contributed by atoms with E-state index >= 15 is 0 Å². The maximum absolute atomic E-state index is 13.3. The molecule has 10 heteroatoms. The summed E-state index contributed by atoms with van der Waals surface area (Å²) in [6.07, 6.45) is 1.91. The van der Waals surface area contributed by atoms with E-state index in [1.165, 1.54) is 0 Å². The smallest absolute Gasteiger partial charge is 0.411 e. The standard InChI is InChI=1S/C23H32N6O3S/c1-23(2,3)32-22(31)29-15-18(13-19(29)21(30)28-11-12-33-16-28)26-7-9-27(10-8-26)20-17(14-24)5-4-6-25-20/h4-6,18-19H,7-13,15-16H2,1-3H3/t18-,19-/m0/s1. The Morgan fingerprint density at radius 3 is 2.61 bits per heavy atom. The van der Waals surface area contributed by atoms with E-state index < -0.39 is 17.7 Å². The minimum absolute atomic E-state index is 0.0270. The minimum Gasteiger partial charge on any atom is -0.444 e. The minimum atomic E-state index is -0.612. The zero-order valence-corrected chi connectivity index (χ0v) is 20.4. The number of hydrogen-bond donors (Lipinski definition) is 0. The van der Waals surface area contributed by atoms with Crippen LogP contribution in [0.25, 0.3) is 0 Å². The van der Waals surface area contributed by atoms with E-state index in [1.807, 2.05) is 25.7 Å². The van der Waals surface area contributed by atoms with Crippen LogP contribution < -0.4 is 4.90 Å². The lowest BCUT2D eigenvalue weighted by molar-refractivity contribution is -0.134. The van der Waals surface area contributed by atoms with E-state index in [4.69, 9.17) is 4.74 Å². The zero-order valence-electron chi connectivity index (χ0n) is 19.6. The van der Waals surface area contributed by atoms with Crippen molar-refractivity contribution in [3.63, 3.8) is 0 Å². The molecule has 3 aliphatic heterocycles. The molecular formula is C23H32N6O3S. The molecule has 33 heavy (non-hydrogen) atoms. The molecule has 0 bridgehead atoms. The van der Waals surface area contributed by atoms with Gasteiger partial charge in [0.05, 0.1) is 11.4 Å². The lowest BCUT2D eigenvalue weighted by atomic mass is 10.1. The highest BCUT2D eigenvalue weighted by Gasteiger charge is 2.45. The monoisotopic (exact) mass is 472 g/mol. The van der Waals surface area contributed by atoms with Crippen molar-refractivity contribution in [2.24, 2.45) is 0 Å². The second-order valence-corrected chi connectivity index (χ2v) is 10.8. The lowest BCUT2D eigenvalue weighted by Gasteiger charge is -2.38. The van der Waals surface area contributed by atoms with E-state index in [0.29, 0.717) is 24.4 Å². The van der Waals surface area contributed by atoms with Crippen molar-refractivity contribution in [3.05, 3.63) is 23.9 Å². The number of piperazine rings is 1. The molecule has 1 aromatic heterocycles. The first-order chi connectivity index (χ1) is 15.8. The Labute approximate surface area is 199 Å². The number of hydrogen-bond acceptors (Lipinski definition) is 8. The van der Waals surface area contributed by atoms with Gasteiger partial charge in [-0.15, -0.1) is 11.8 Å². The predicted octanol–water partition coefficient (Wildman–Crippen LogP) is 1.99. The van der Waals surface area contributed by atoms with Gasteiger partial charge in [-0.1, -0.05) is 0 Å². The number of rotatable bonds is 3. The largest absolute Gasteiger partial charge is 0.444 e. The van der Waals surface area contributed by atoms with Crippen LogP contribution in [0.1, 0.15) is 32.8 Å². The van der Waals surface area contributed by atoms with Crippen LogP contribution in [0.2, 0.25) is 0 Å². The van der Waals surface area contributed by atoms with Gasteiger partial charge in [0.1, 0.15) is 23.5 Å². The Bertz CT molecular complexity index is 916. The molecule has 3 saturated heterocycles. The number of nitrogens with zero attached hydrogens (tertiary/aromatic N) is 6. The number of carbonyl (C=O) groups is 2. The van der Waals surface area contributed by atoms with Crippen molar-refractivity contribution >= 4 is 29.6 Å². The van der Waals surface area contributed by atoms with E-state index in [9.17, 15) is 14.9 Å². The number of nitriles is 1. The van der Waals surface area contributed by atoms with Gasteiger partial charge in [0, 0.05) is 57.3 Å². The fourth-order valence-corrected chi connectivity index (χ4v) is 5.62. The van der Waals surface area contributed by atoms with Crippen LogP contribution in [0.3, 0.4) is 0 Å². The van der Waals surface area contributed by atoms with Crippen LogP contribution in [-0.4, -0.2) is 100 Å². The second kappa shape index (κ2) is 9.77. The molecule has 0 aromatic carbocycles. The molecule has 2 amide bonds. The number of aromatic nitrogens is 1. The number of carbonyl (C=O) groups excluding carboxylic acids is 2. The summed E-state index contributed by atoms with van der Waals surface area (Å²) in [7, 11) is 0. The second-order valence-electron chi connectivity index (χ2n) is 9.69. The maximum atomic E-state index is 13.3. The van der Waals surface area contributed by atoms with Gasteiger partial charge in [0.2, 0.25) is 5.91 Å². The molecule has 4 rings (SSSR count). The van der Waals surface area contributed by atoms with Crippen LogP contribution in [0.15, 0.2) is 18.3 Å². The number of amides is 2. The molecule has 0 aliphatic carbocycles. The molecule has 0 saturated carbocycles. The molecule has 0 spiro atoms. The number of thioether (sulfide) groups is 1. The van der Waals surface area contributed by atoms with Gasteiger partial charge >= 0.3 is 6.09 Å². The third-order valence-electron chi connectivity index (χ3n) is 6.29. The Kier molecular flexibility index (Phi) is 7.00. The Morgan fingerprint density at radius 2 is 1.97 bits per heavy atom. The van der Waals surface area contributed by atoms with Crippen molar-refractivity contribution in [1.82, 2.24) is 19.7 Å². The van der Waals surface area contributed by atoms with Crippen LogP contribution in [0.4, 0.5) is 10.6 Å². The Hall–Kier alpha value is -2.51. The molecular weight excluding hydrogens is 440 g/mol. The molecule has 3 fully saturated rings. The summed E-state index contributed by atoms with van der Waals surface area (Å²) in [4.78, 5) is 38.7. The summed E-state index contributed by atoms with van der Waals surface area (Å²) in [6.45, 7) is 9.82. The first-order valence-electron chi connectivity index (χ1n) is 11.5. The van der Waals surface area contributed by atoms with E-state index in [2.05, 4.69) is 20.9 Å². The van der Waals surface area contributed by atoms with Crippen molar-refractivity contribution < 1.29 is 14.3 Å². The highest BCUT2D eigenvalue weighted by atomic mass is 32.2. The Morgan fingerprint density at radius 1 is 1.21 bits per heavy atom. The number of ether oxygens (including phenoxy) is 1. The van der Waals surface area contributed by atoms with Gasteiger partial charge in [-0.3, -0.25) is 14.6 Å². The summed E-state index contributed by atoms with van der Waals surface area (Å²) >= 11 is 1.74. The highest BCUT2D eigenvalue weighted by molar-refractivity contribution is 7.99. The van der Waals surface area contributed by atoms with Crippen LogP contribution >= 0.6 is 11.8 Å². The summed E-state index contributed by atoms with van der Waals surface area (Å²) in [6, 6.07) is 5.40. The van der Waals surface area contributed by atoms with E-state index in [0.717, 1.165) is 44.3 Å². The molecule has 2 atom stereocenters. The first-order valence-corrected chi connectivity index (χ1v) is 12.6. The Balaban J connectivity index is 1.44. The summed E-state index contributed by atoms with van der Waals surface area (Å²) in [5.74, 6) is 2.38. The van der Waals surface area contributed by atoms with Crippen LogP contribution in [-0.2, 0) is 9.53 Å². The van der Waals surface area contributed by atoms with Gasteiger partial charge in [-0.05, 0) is 39.3 Å². The van der Waals surface area contributed by atoms with Crippen molar-refractivity contribution in [3.8, 4) is 6.07 Å². The topological polar surface area (TPSA) is 93.0 Å². The summed E-state index contributed by atoms with van der Waals surface area (Å²) in [5.41, 5.74) is -0.0315. The quantitative estimate of drug-likeness (QED) is 0.659. The molecule has 0 unspecified atom stereocenters. The van der Waals surface area contributed by atoms with Crippen molar-refractivity contribution in [2.45, 2.75) is 44.9 Å². The number of likely N-dealkylation sites (tertiary alicyclic amines) is 1. The fraction of sp³-hybridized carbons (Fsp3) is 0.652. The molecule has 0 radical (unpaired) electrons. The predicted molar refractivity (Wildman–Crippen MR) is 127 cm³/mol. The van der Waals surface area contributed by atoms with Gasteiger partial charge in [0.25, 0.3) is 0 Å². The van der Waals surface area contributed by atoms with Gasteiger partial charge in [-0.2, -0.15) is 5.26 Å². The normalized spacial score (nSPS) is 24.1. The third-order valence-corrected chi connectivity index (χ3v) is 7.26. The van der Waals surface area contributed by atoms with Gasteiger partial charge in [0.15, 0.2) is 0 Å². The van der Waals surface area contributed by atoms with Gasteiger partial charge < -0.3 is 14.5 Å². The average Bonchev–Trinajstić information content (AvgIpc) is 3.48. The van der Waals surface area contributed by atoms with Gasteiger partial charge in [-0.25, -0.2) is 9.78 Å². The molecule has 1 aromatic rings. The van der Waals surface area contributed by atoms with Crippen molar-refractivity contribution in [1.29, 1.82) is 5.26 Å². The fourth-order valence-electron chi connectivity index (χ4n) is 4.67.